The van der Waals surface area contributed by atoms with E-state index in [0.717, 1.165) is 4.90 Å². The van der Waals surface area contributed by atoms with Gasteiger partial charge in [-0.3, -0.25) is 19.3 Å². The molecule has 0 spiro atoms. The molecular weight excluding hydrogens is 467 g/mol. The minimum Gasteiger partial charge on any atom is -0.493 e. The summed E-state index contributed by atoms with van der Waals surface area (Å²) in [5.74, 6) is -2.05. The quantitative estimate of drug-likeness (QED) is 0.380. The van der Waals surface area contributed by atoms with Crippen molar-refractivity contribution < 1.29 is 28.7 Å². The Morgan fingerprint density at radius 1 is 1.19 bits per heavy atom. The average molecular weight is 481 g/mol. The van der Waals surface area contributed by atoms with E-state index in [4.69, 9.17) is 38.4 Å². The van der Waals surface area contributed by atoms with Gasteiger partial charge in [0.25, 0.3) is 11.1 Å². The molecule has 0 aromatic heterocycles. The monoisotopic (exact) mass is 480 g/mol. The predicted molar refractivity (Wildman–Crippen MR) is 116 cm³/mol. The van der Waals surface area contributed by atoms with E-state index in [1.807, 2.05) is 0 Å². The van der Waals surface area contributed by atoms with Gasteiger partial charge in [0.1, 0.15) is 6.54 Å². The fraction of sp³-hybridized carbons (Fsp3) is 0.100. The third-order valence-electron chi connectivity index (χ3n) is 4.05. The Bertz CT molecular complexity index is 1130. The number of amides is 3. The van der Waals surface area contributed by atoms with Crippen molar-refractivity contribution in [2.24, 2.45) is 5.73 Å². The molecule has 1 heterocycles. The minimum atomic E-state index is -0.820. The molecule has 1 aliphatic heterocycles. The number of ether oxygens (including phenoxy) is 2. The van der Waals surface area contributed by atoms with Crippen LogP contribution in [-0.4, -0.2) is 41.6 Å². The van der Waals surface area contributed by atoms with Crippen molar-refractivity contribution in [2.45, 2.75) is 0 Å². The maximum atomic E-state index is 12.7. The summed E-state index contributed by atoms with van der Waals surface area (Å²) in [6, 6.07) is 9.04. The second-order valence-corrected chi connectivity index (χ2v) is 7.96. The summed E-state index contributed by atoms with van der Waals surface area (Å²) in [5.41, 5.74) is 5.45. The molecule has 11 heteroatoms. The lowest BCUT2D eigenvalue weighted by Gasteiger charge is -2.13. The molecule has 160 valence electrons. The Morgan fingerprint density at radius 3 is 2.58 bits per heavy atom. The Kier molecular flexibility index (Phi) is 6.89. The second-order valence-electron chi connectivity index (χ2n) is 6.13. The van der Waals surface area contributed by atoms with E-state index in [1.54, 1.807) is 18.2 Å². The summed E-state index contributed by atoms with van der Waals surface area (Å²) in [5, 5.41) is -0.183. The molecule has 1 saturated heterocycles. The van der Waals surface area contributed by atoms with Crippen LogP contribution in [-0.2, 0) is 9.59 Å². The first-order valence-corrected chi connectivity index (χ1v) is 10.2. The van der Waals surface area contributed by atoms with E-state index >= 15 is 0 Å². The van der Waals surface area contributed by atoms with E-state index in [0.29, 0.717) is 22.3 Å². The first-order valence-electron chi connectivity index (χ1n) is 8.59. The van der Waals surface area contributed by atoms with Crippen LogP contribution in [0.4, 0.5) is 4.79 Å². The smallest absolute Gasteiger partial charge is 0.345 e. The van der Waals surface area contributed by atoms with Gasteiger partial charge in [0, 0.05) is 10.6 Å². The lowest BCUT2D eigenvalue weighted by atomic mass is 10.1. The van der Waals surface area contributed by atoms with E-state index in [-0.39, 0.29) is 27.0 Å². The zero-order valence-corrected chi connectivity index (χ0v) is 18.2. The largest absolute Gasteiger partial charge is 0.493 e. The maximum absolute atomic E-state index is 12.7. The van der Waals surface area contributed by atoms with Crippen molar-refractivity contribution in [3.63, 3.8) is 0 Å². The van der Waals surface area contributed by atoms with Crippen LogP contribution in [0.25, 0.3) is 6.08 Å². The summed E-state index contributed by atoms with van der Waals surface area (Å²) in [7, 11) is 1.38. The van der Waals surface area contributed by atoms with Crippen LogP contribution >= 0.6 is 35.0 Å². The van der Waals surface area contributed by atoms with E-state index in [1.165, 1.54) is 31.4 Å². The standard InChI is InChI=1S/C20H14Cl2N2O6S/c1-29-14-4-2-3-10(7-15-18(26)24(9-16(23)25)20(28)31-15)17(14)30-19(27)12-6-5-11(21)8-13(12)22/h2-8H,9H2,1H3,(H2,23,25)/b15-7-. The molecule has 2 aromatic rings. The van der Waals surface area contributed by atoms with Crippen LogP contribution in [0.3, 0.4) is 0 Å². The minimum absolute atomic E-state index is 0.0164. The van der Waals surface area contributed by atoms with Gasteiger partial charge >= 0.3 is 5.97 Å². The fourth-order valence-corrected chi connectivity index (χ4v) is 3.97. The zero-order chi connectivity index (χ0) is 22.7. The van der Waals surface area contributed by atoms with Crippen molar-refractivity contribution in [2.75, 3.05) is 13.7 Å². The summed E-state index contributed by atoms with van der Waals surface area (Å²) in [4.78, 5) is 49.1. The average Bonchev–Trinajstić information content (AvgIpc) is 2.96. The predicted octanol–water partition coefficient (Wildman–Crippen LogP) is 3.74. The molecule has 0 unspecified atom stereocenters. The number of nitrogens with two attached hydrogens (primary N) is 1. The molecule has 0 bridgehead atoms. The number of benzene rings is 2. The number of rotatable bonds is 6. The first-order chi connectivity index (χ1) is 14.7. The van der Waals surface area contributed by atoms with Gasteiger partial charge in [0.2, 0.25) is 5.91 Å². The number of methoxy groups -OCH3 is 1. The number of para-hydroxylation sites is 1. The number of hydrogen-bond donors (Lipinski definition) is 1. The molecule has 1 aliphatic rings. The number of primary amides is 1. The molecule has 31 heavy (non-hydrogen) atoms. The second kappa shape index (κ2) is 9.42. The number of halogens is 2. The van der Waals surface area contributed by atoms with Crippen LogP contribution in [0.1, 0.15) is 15.9 Å². The topological polar surface area (TPSA) is 116 Å². The summed E-state index contributed by atoms with van der Waals surface area (Å²) in [6.07, 6.45) is 1.36. The summed E-state index contributed by atoms with van der Waals surface area (Å²) < 4.78 is 10.8. The molecular formula is C20H14Cl2N2O6S. The number of nitrogens with zero attached hydrogens (tertiary/aromatic N) is 1. The highest BCUT2D eigenvalue weighted by molar-refractivity contribution is 8.18. The molecule has 2 aromatic carbocycles. The van der Waals surface area contributed by atoms with Crippen molar-refractivity contribution in [1.82, 2.24) is 4.90 Å². The first kappa shape index (κ1) is 22.7. The zero-order valence-electron chi connectivity index (χ0n) is 15.9. The Balaban J connectivity index is 1.97. The highest BCUT2D eigenvalue weighted by Gasteiger charge is 2.36. The van der Waals surface area contributed by atoms with Crippen LogP contribution in [0, 0.1) is 0 Å². The highest BCUT2D eigenvalue weighted by Crippen LogP contribution is 2.38. The molecule has 0 saturated carbocycles. The van der Waals surface area contributed by atoms with Crippen LogP contribution < -0.4 is 15.2 Å². The molecule has 0 aliphatic carbocycles. The van der Waals surface area contributed by atoms with Gasteiger partial charge in [-0.15, -0.1) is 0 Å². The molecule has 8 nitrogen and oxygen atoms in total. The van der Waals surface area contributed by atoms with Gasteiger partial charge in [-0.25, -0.2) is 4.79 Å². The molecule has 0 radical (unpaired) electrons. The Hall–Kier alpha value is -3.01. The molecule has 3 amide bonds. The van der Waals surface area contributed by atoms with Crippen molar-refractivity contribution in [1.29, 1.82) is 0 Å². The number of carbonyl (C=O) groups is 4. The SMILES string of the molecule is COc1cccc(/C=C2\SC(=O)N(CC(N)=O)C2=O)c1OC(=O)c1ccc(Cl)cc1Cl. The lowest BCUT2D eigenvalue weighted by molar-refractivity contribution is -0.127. The highest BCUT2D eigenvalue weighted by atomic mass is 35.5. The van der Waals surface area contributed by atoms with Crippen molar-refractivity contribution in [3.8, 4) is 11.5 Å². The third-order valence-corrected chi connectivity index (χ3v) is 5.50. The van der Waals surface area contributed by atoms with Gasteiger partial charge in [-0.1, -0.05) is 35.3 Å². The van der Waals surface area contributed by atoms with Crippen molar-refractivity contribution in [3.05, 3.63) is 62.5 Å². The van der Waals surface area contributed by atoms with Crippen molar-refractivity contribution >= 4 is 64.1 Å². The van der Waals surface area contributed by atoms with E-state index in [2.05, 4.69) is 0 Å². The molecule has 3 rings (SSSR count). The summed E-state index contributed by atoms with van der Waals surface area (Å²) >= 11 is 12.6. The number of thioether (sulfide) groups is 1. The number of hydrogen-bond acceptors (Lipinski definition) is 7. The van der Waals surface area contributed by atoms with Gasteiger partial charge < -0.3 is 15.2 Å². The maximum Gasteiger partial charge on any atom is 0.345 e. The Labute approximate surface area is 190 Å². The number of carbonyl (C=O) groups excluding carboxylic acids is 4. The van der Waals surface area contributed by atoms with Crippen LogP contribution in [0.5, 0.6) is 11.5 Å². The third kappa shape index (κ3) is 5.01. The van der Waals surface area contributed by atoms with Crippen LogP contribution in [0.2, 0.25) is 10.0 Å². The normalized spacial score (nSPS) is 14.8. The molecule has 1 fully saturated rings. The van der Waals surface area contributed by atoms with Gasteiger partial charge in [-0.05, 0) is 42.1 Å². The Morgan fingerprint density at radius 2 is 1.94 bits per heavy atom. The van der Waals surface area contributed by atoms with Gasteiger partial charge in [-0.2, -0.15) is 0 Å². The van der Waals surface area contributed by atoms with E-state index < -0.39 is 29.6 Å². The number of imide groups is 1. The lowest BCUT2D eigenvalue weighted by Crippen LogP contribution is -2.36. The fourth-order valence-electron chi connectivity index (χ4n) is 2.65. The molecule has 2 N–H and O–H groups in total. The van der Waals surface area contributed by atoms with Crippen LogP contribution in [0.15, 0.2) is 41.3 Å². The molecule has 0 atom stereocenters. The number of esters is 1. The van der Waals surface area contributed by atoms with Gasteiger partial charge in [0.15, 0.2) is 11.5 Å². The van der Waals surface area contributed by atoms with Gasteiger partial charge in [0.05, 0.1) is 22.6 Å². The summed E-state index contributed by atoms with van der Waals surface area (Å²) in [6.45, 7) is -0.531. The van der Waals surface area contributed by atoms with E-state index in [9.17, 15) is 19.2 Å².